The van der Waals surface area contributed by atoms with E-state index in [1.54, 1.807) is 19.9 Å². The third-order valence-corrected chi connectivity index (χ3v) is 2.68. The topological polar surface area (TPSA) is 39.2 Å². The van der Waals surface area contributed by atoms with Gasteiger partial charge in [0.25, 0.3) is 0 Å². The van der Waals surface area contributed by atoms with Crippen LogP contribution in [0.2, 0.25) is 0 Å². The average molecular weight is 255 g/mol. The molecule has 0 saturated carbocycles. The van der Waals surface area contributed by atoms with Crippen LogP contribution in [0.25, 0.3) is 11.1 Å². The summed E-state index contributed by atoms with van der Waals surface area (Å²) >= 11 is 0. The van der Waals surface area contributed by atoms with E-state index >= 15 is 0 Å². The van der Waals surface area contributed by atoms with Gasteiger partial charge in [-0.15, -0.1) is 0 Å². The maximum atomic E-state index is 13.0. The van der Waals surface area contributed by atoms with Gasteiger partial charge >= 0.3 is 6.18 Å². The molecular weight excluding hydrogens is 243 g/mol. The number of hydrogen-bond acceptors (Lipinski definition) is 2. The van der Waals surface area contributed by atoms with Crippen LogP contribution in [0.1, 0.15) is 17.1 Å². The Hall–Kier alpha value is -1.91. The second-order valence-corrected chi connectivity index (χ2v) is 4.13. The monoisotopic (exact) mass is 255 g/mol. The van der Waals surface area contributed by atoms with Crippen LogP contribution in [0.15, 0.2) is 28.7 Å². The van der Waals surface area contributed by atoms with E-state index in [-0.39, 0.29) is 11.3 Å². The molecular formula is C13H12F3NO. The van der Waals surface area contributed by atoms with Gasteiger partial charge in [-0.3, -0.25) is 0 Å². The van der Waals surface area contributed by atoms with Crippen molar-refractivity contribution in [3.05, 3.63) is 41.3 Å². The van der Waals surface area contributed by atoms with E-state index in [0.29, 0.717) is 17.1 Å². The standard InChI is InChI=1S/C13H12F3NO/c1-7-5-11(8(2)18-7)10-4-3-9(17)6-12(10)13(14,15)16/h3-6H,17H2,1-2H3. The zero-order valence-corrected chi connectivity index (χ0v) is 9.93. The number of nitrogens with two attached hydrogens (primary N) is 1. The molecule has 2 N–H and O–H groups in total. The molecule has 2 aromatic rings. The molecule has 0 spiro atoms. The molecule has 0 aliphatic heterocycles. The van der Waals surface area contributed by atoms with Gasteiger partial charge in [-0.1, -0.05) is 6.07 Å². The van der Waals surface area contributed by atoms with Crippen LogP contribution < -0.4 is 5.73 Å². The third-order valence-electron chi connectivity index (χ3n) is 2.68. The van der Waals surface area contributed by atoms with E-state index in [4.69, 9.17) is 10.2 Å². The van der Waals surface area contributed by atoms with Crippen molar-refractivity contribution in [2.75, 3.05) is 5.73 Å². The molecule has 2 nitrogen and oxygen atoms in total. The van der Waals surface area contributed by atoms with E-state index in [1.807, 2.05) is 0 Å². The highest BCUT2D eigenvalue weighted by Gasteiger charge is 2.34. The van der Waals surface area contributed by atoms with Crippen LogP contribution in [0.3, 0.4) is 0 Å². The van der Waals surface area contributed by atoms with Crippen molar-refractivity contribution >= 4 is 5.69 Å². The third kappa shape index (κ3) is 2.20. The molecule has 0 amide bonds. The molecule has 0 atom stereocenters. The van der Waals surface area contributed by atoms with Gasteiger partial charge in [0.1, 0.15) is 11.5 Å². The first-order valence-corrected chi connectivity index (χ1v) is 5.33. The molecule has 18 heavy (non-hydrogen) atoms. The quantitative estimate of drug-likeness (QED) is 0.777. The van der Waals surface area contributed by atoms with Crippen molar-refractivity contribution in [2.24, 2.45) is 0 Å². The summed E-state index contributed by atoms with van der Waals surface area (Å²) in [6.45, 7) is 3.33. The fourth-order valence-electron chi connectivity index (χ4n) is 1.93. The summed E-state index contributed by atoms with van der Waals surface area (Å²) in [5.41, 5.74) is 5.30. The van der Waals surface area contributed by atoms with Crippen LogP contribution in [0.5, 0.6) is 0 Å². The molecule has 1 aromatic heterocycles. The molecule has 5 heteroatoms. The molecule has 0 fully saturated rings. The maximum absolute atomic E-state index is 13.0. The molecule has 0 radical (unpaired) electrons. The molecule has 2 rings (SSSR count). The number of alkyl halides is 3. The molecule has 1 heterocycles. The SMILES string of the molecule is Cc1cc(-c2ccc(N)cc2C(F)(F)F)c(C)o1. The van der Waals surface area contributed by atoms with Crippen molar-refractivity contribution in [3.8, 4) is 11.1 Å². The van der Waals surface area contributed by atoms with Gasteiger partial charge in [0.2, 0.25) is 0 Å². The molecule has 96 valence electrons. The number of furan rings is 1. The van der Waals surface area contributed by atoms with Gasteiger partial charge in [0.05, 0.1) is 5.56 Å². The number of nitrogen functional groups attached to an aromatic ring is 1. The Morgan fingerprint density at radius 3 is 2.22 bits per heavy atom. The maximum Gasteiger partial charge on any atom is 0.417 e. The van der Waals surface area contributed by atoms with Crippen LogP contribution in [-0.4, -0.2) is 0 Å². The number of halogens is 3. The normalized spacial score (nSPS) is 11.8. The molecule has 0 aliphatic carbocycles. The summed E-state index contributed by atoms with van der Waals surface area (Å²) in [6, 6.07) is 5.36. The Kier molecular flexibility index (Phi) is 2.84. The lowest BCUT2D eigenvalue weighted by molar-refractivity contribution is -0.137. The number of hydrogen-bond donors (Lipinski definition) is 1. The van der Waals surface area contributed by atoms with Crippen LogP contribution in [0, 0.1) is 13.8 Å². The Morgan fingerprint density at radius 1 is 1.06 bits per heavy atom. The average Bonchev–Trinajstić information content (AvgIpc) is 2.56. The van der Waals surface area contributed by atoms with Crippen molar-refractivity contribution < 1.29 is 17.6 Å². The molecule has 0 unspecified atom stereocenters. The lowest BCUT2D eigenvalue weighted by atomic mass is 9.99. The highest BCUT2D eigenvalue weighted by Crippen LogP contribution is 2.39. The molecule has 0 aliphatic rings. The van der Waals surface area contributed by atoms with E-state index in [1.165, 1.54) is 12.1 Å². The summed E-state index contributed by atoms with van der Waals surface area (Å²) in [6.07, 6.45) is -4.44. The minimum absolute atomic E-state index is 0.0870. The molecule has 1 aromatic carbocycles. The number of benzene rings is 1. The Labute approximate surface area is 102 Å². The fourth-order valence-corrected chi connectivity index (χ4v) is 1.93. The fraction of sp³-hybridized carbons (Fsp3) is 0.231. The summed E-state index contributed by atoms with van der Waals surface area (Å²) in [5, 5.41) is 0. The smallest absolute Gasteiger partial charge is 0.417 e. The Morgan fingerprint density at radius 2 is 1.72 bits per heavy atom. The van der Waals surface area contributed by atoms with Crippen molar-refractivity contribution in [1.29, 1.82) is 0 Å². The number of aryl methyl sites for hydroxylation is 2. The second-order valence-electron chi connectivity index (χ2n) is 4.13. The first-order valence-electron chi connectivity index (χ1n) is 5.33. The van der Waals surface area contributed by atoms with Crippen molar-refractivity contribution in [3.63, 3.8) is 0 Å². The predicted molar refractivity (Wildman–Crippen MR) is 63.0 cm³/mol. The Bertz CT molecular complexity index is 584. The zero-order chi connectivity index (χ0) is 13.5. The summed E-state index contributed by atoms with van der Waals surface area (Å²) in [7, 11) is 0. The van der Waals surface area contributed by atoms with Crippen LogP contribution in [0.4, 0.5) is 18.9 Å². The molecule has 0 bridgehead atoms. The summed E-state index contributed by atoms with van der Waals surface area (Å²) in [4.78, 5) is 0. The first kappa shape index (κ1) is 12.5. The van der Waals surface area contributed by atoms with Crippen LogP contribution in [-0.2, 0) is 6.18 Å². The molecule has 0 saturated heterocycles. The summed E-state index contributed by atoms with van der Waals surface area (Å²) in [5.74, 6) is 1.04. The van der Waals surface area contributed by atoms with E-state index < -0.39 is 11.7 Å². The van der Waals surface area contributed by atoms with Gasteiger partial charge in [0, 0.05) is 11.3 Å². The van der Waals surface area contributed by atoms with Crippen molar-refractivity contribution in [1.82, 2.24) is 0 Å². The van der Waals surface area contributed by atoms with Gasteiger partial charge in [-0.05, 0) is 37.6 Å². The number of anilines is 1. The van der Waals surface area contributed by atoms with Crippen LogP contribution >= 0.6 is 0 Å². The Balaban J connectivity index is 2.68. The highest BCUT2D eigenvalue weighted by atomic mass is 19.4. The van der Waals surface area contributed by atoms with E-state index in [0.717, 1.165) is 6.07 Å². The first-order chi connectivity index (χ1) is 8.29. The minimum Gasteiger partial charge on any atom is -0.466 e. The lowest BCUT2D eigenvalue weighted by Gasteiger charge is -2.13. The minimum atomic E-state index is -4.44. The lowest BCUT2D eigenvalue weighted by Crippen LogP contribution is -2.08. The van der Waals surface area contributed by atoms with Gasteiger partial charge in [-0.2, -0.15) is 13.2 Å². The van der Waals surface area contributed by atoms with Gasteiger partial charge in [0.15, 0.2) is 0 Å². The van der Waals surface area contributed by atoms with Crippen molar-refractivity contribution in [2.45, 2.75) is 20.0 Å². The largest absolute Gasteiger partial charge is 0.466 e. The number of rotatable bonds is 1. The van der Waals surface area contributed by atoms with E-state index in [2.05, 4.69) is 0 Å². The highest BCUT2D eigenvalue weighted by molar-refractivity contribution is 5.72. The van der Waals surface area contributed by atoms with Gasteiger partial charge < -0.3 is 10.2 Å². The van der Waals surface area contributed by atoms with Gasteiger partial charge in [-0.25, -0.2) is 0 Å². The second kappa shape index (κ2) is 4.08. The summed E-state index contributed by atoms with van der Waals surface area (Å²) < 4.78 is 44.2. The van der Waals surface area contributed by atoms with E-state index in [9.17, 15) is 13.2 Å². The zero-order valence-electron chi connectivity index (χ0n) is 9.93. The predicted octanol–water partition coefficient (Wildman–Crippen LogP) is 4.16.